The lowest BCUT2D eigenvalue weighted by Gasteiger charge is -2.60. The van der Waals surface area contributed by atoms with Crippen LogP contribution in [0.2, 0.25) is 0 Å². The number of nitrogens with one attached hydrogen (secondary N) is 3. The number of para-hydroxylation sites is 1. The Hall–Kier alpha value is -2.76. The fourth-order valence-corrected chi connectivity index (χ4v) is 5.56. The van der Waals surface area contributed by atoms with Crippen molar-refractivity contribution in [2.45, 2.75) is 44.8 Å². The van der Waals surface area contributed by atoms with E-state index in [2.05, 4.69) is 22.9 Å². The first kappa shape index (κ1) is 17.3. The monoisotopic (exact) mass is 379 g/mol. The second kappa shape index (κ2) is 6.12. The van der Waals surface area contributed by atoms with Gasteiger partial charge in [0.25, 0.3) is 5.91 Å². The highest BCUT2D eigenvalue weighted by molar-refractivity contribution is 6.02. The van der Waals surface area contributed by atoms with Gasteiger partial charge in [0.2, 0.25) is 5.91 Å². The Balaban J connectivity index is 1.37. The fraction of sp³-hybridized carbons (Fsp3) is 0.455. The molecule has 6 nitrogen and oxygen atoms in total. The highest BCUT2D eigenvalue weighted by Crippen LogP contribution is 2.58. The Kier molecular flexibility index (Phi) is 3.79. The predicted molar refractivity (Wildman–Crippen MR) is 104 cm³/mol. The number of amides is 2. The lowest BCUT2D eigenvalue weighted by atomic mass is 9.51. The number of furan rings is 1. The molecule has 28 heavy (non-hydrogen) atoms. The number of hydrogen-bond acceptors (Lipinski definition) is 4. The number of fused-ring (bicyclic) bond motifs is 3. The smallest absolute Gasteiger partial charge is 0.255 e. The highest BCUT2D eigenvalue weighted by atomic mass is 16.3. The van der Waals surface area contributed by atoms with Crippen LogP contribution >= 0.6 is 0 Å². The molecule has 3 aliphatic carbocycles. The summed E-state index contributed by atoms with van der Waals surface area (Å²) in [6.45, 7) is 2.60. The molecule has 2 heterocycles. The average Bonchev–Trinajstić information content (AvgIpc) is 3.19. The molecular formula is C22H25N3O3. The van der Waals surface area contributed by atoms with E-state index in [9.17, 15) is 9.59 Å². The predicted octanol–water partition coefficient (Wildman–Crippen LogP) is 3.27. The van der Waals surface area contributed by atoms with Crippen LogP contribution in [0.15, 0.2) is 47.1 Å². The van der Waals surface area contributed by atoms with E-state index in [1.54, 1.807) is 6.26 Å². The number of anilines is 1. The van der Waals surface area contributed by atoms with Gasteiger partial charge < -0.3 is 20.4 Å². The maximum absolute atomic E-state index is 13.0. The first-order valence-electron chi connectivity index (χ1n) is 9.99. The largest absolute Gasteiger partial charge is 0.467 e. The van der Waals surface area contributed by atoms with Crippen LogP contribution in [0.4, 0.5) is 5.69 Å². The number of benzene rings is 1. The van der Waals surface area contributed by atoms with Crippen LogP contribution in [0, 0.1) is 17.3 Å². The highest BCUT2D eigenvalue weighted by Gasteiger charge is 2.60. The Morgan fingerprint density at radius 3 is 2.89 bits per heavy atom. The summed E-state index contributed by atoms with van der Waals surface area (Å²) in [5, 5.41) is 9.94. The summed E-state index contributed by atoms with van der Waals surface area (Å²) in [5.41, 5.74) is 0.957. The van der Waals surface area contributed by atoms with Crippen molar-refractivity contribution in [2.24, 2.45) is 17.3 Å². The topological polar surface area (TPSA) is 83.4 Å². The zero-order valence-electron chi connectivity index (χ0n) is 16.0. The fourth-order valence-electron chi connectivity index (χ4n) is 5.56. The van der Waals surface area contributed by atoms with Crippen molar-refractivity contribution >= 4 is 17.5 Å². The van der Waals surface area contributed by atoms with E-state index in [1.807, 2.05) is 36.4 Å². The molecule has 0 unspecified atom stereocenters. The van der Waals surface area contributed by atoms with Crippen LogP contribution in [0.5, 0.6) is 0 Å². The van der Waals surface area contributed by atoms with Crippen molar-refractivity contribution < 1.29 is 14.0 Å². The normalized spacial score (nSPS) is 33.1. The first-order chi connectivity index (χ1) is 13.5. The summed E-state index contributed by atoms with van der Waals surface area (Å²) in [7, 11) is 0. The van der Waals surface area contributed by atoms with Gasteiger partial charge in [-0.3, -0.25) is 9.59 Å². The molecule has 1 aromatic carbocycles. The van der Waals surface area contributed by atoms with Crippen LogP contribution in [-0.4, -0.2) is 17.5 Å². The van der Waals surface area contributed by atoms with Crippen molar-refractivity contribution in [2.75, 3.05) is 5.32 Å². The zero-order chi connectivity index (χ0) is 19.4. The maximum Gasteiger partial charge on any atom is 0.255 e. The third-order valence-corrected chi connectivity index (χ3v) is 7.00. The SMILES string of the molecule is C[C@]12CC[C@@H](C[C@@H]1C(=O)NCc1ccco1)[C@]1(C2)NC(=O)c2ccccc2N1. The molecule has 1 spiro atoms. The molecule has 1 aliphatic heterocycles. The molecule has 6 rings (SSSR count). The molecule has 1 aromatic heterocycles. The molecule has 6 heteroatoms. The number of rotatable bonds is 3. The lowest BCUT2D eigenvalue weighted by Crippen LogP contribution is -2.70. The van der Waals surface area contributed by atoms with Gasteiger partial charge in [-0.25, -0.2) is 0 Å². The number of carbonyl (C=O) groups excluding carboxylic acids is 2. The summed E-state index contributed by atoms with van der Waals surface area (Å²) in [6, 6.07) is 11.3. The van der Waals surface area contributed by atoms with Crippen LogP contribution in [0.3, 0.4) is 0 Å². The third kappa shape index (κ3) is 2.62. The molecule has 3 saturated carbocycles. The minimum absolute atomic E-state index is 0.0238. The van der Waals surface area contributed by atoms with Gasteiger partial charge in [-0.05, 0) is 55.4 Å². The van der Waals surface area contributed by atoms with Crippen LogP contribution in [-0.2, 0) is 11.3 Å². The molecule has 4 atom stereocenters. The summed E-state index contributed by atoms with van der Waals surface area (Å²) < 4.78 is 5.32. The van der Waals surface area contributed by atoms with Gasteiger partial charge in [-0.15, -0.1) is 0 Å². The van der Waals surface area contributed by atoms with Crippen LogP contribution < -0.4 is 16.0 Å². The summed E-state index contributed by atoms with van der Waals surface area (Å²) in [5.74, 6) is 0.993. The minimum Gasteiger partial charge on any atom is -0.467 e. The van der Waals surface area contributed by atoms with Gasteiger partial charge in [-0.1, -0.05) is 19.1 Å². The van der Waals surface area contributed by atoms with Crippen LogP contribution in [0.25, 0.3) is 0 Å². The molecule has 146 valence electrons. The summed E-state index contributed by atoms with van der Waals surface area (Å²) in [6.07, 6.45) is 5.15. The molecule has 2 aromatic rings. The van der Waals surface area contributed by atoms with Gasteiger partial charge in [0.05, 0.1) is 18.4 Å². The Bertz CT molecular complexity index is 925. The van der Waals surface area contributed by atoms with Crippen molar-refractivity contribution in [1.82, 2.24) is 10.6 Å². The van der Waals surface area contributed by atoms with E-state index in [0.717, 1.165) is 37.1 Å². The molecule has 3 N–H and O–H groups in total. The van der Waals surface area contributed by atoms with E-state index in [0.29, 0.717) is 12.1 Å². The Morgan fingerprint density at radius 1 is 1.25 bits per heavy atom. The average molecular weight is 379 g/mol. The third-order valence-electron chi connectivity index (χ3n) is 7.00. The lowest BCUT2D eigenvalue weighted by molar-refractivity contribution is -0.139. The molecule has 2 bridgehead atoms. The van der Waals surface area contributed by atoms with Gasteiger partial charge in [0.15, 0.2) is 0 Å². The quantitative estimate of drug-likeness (QED) is 0.764. The van der Waals surface area contributed by atoms with Crippen LogP contribution in [0.1, 0.15) is 48.7 Å². The van der Waals surface area contributed by atoms with Crippen molar-refractivity contribution in [3.05, 3.63) is 54.0 Å². The summed E-state index contributed by atoms with van der Waals surface area (Å²) in [4.78, 5) is 25.7. The molecule has 0 radical (unpaired) electrons. The van der Waals surface area contributed by atoms with Crippen molar-refractivity contribution in [3.63, 3.8) is 0 Å². The first-order valence-corrected chi connectivity index (χ1v) is 9.99. The van der Waals surface area contributed by atoms with Gasteiger partial charge in [-0.2, -0.15) is 0 Å². The molecule has 4 aliphatic rings. The van der Waals surface area contributed by atoms with Crippen molar-refractivity contribution in [3.8, 4) is 0 Å². The van der Waals surface area contributed by atoms with Gasteiger partial charge in [0, 0.05) is 17.5 Å². The molecular weight excluding hydrogens is 354 g/mol. The van der Waals surface area contributed by atoms with E-state index in [1.165, 1.54) is 0 Å². The molecule has 3 fully saturated rings. The van der Waals surface area contributed by atoms with E-state index < -0.39 is 5.66 Å². The van der Waals surface area contributed by atoms with Gasteiger partial charge >= 0.3 is 0 Å². The number of carbonyl (C=O) groups is 2. The van der Waals surface area contributed by atoms with E-state index in [-0.39, 0.29) is 29.1 Å². The molecule has 0 saturated heterocycles. The maximum atomic E-state index is 13.0. The number of hydrogen-bond donors (Lipinski definition) is 3. The standard InChI is InChI=1S/C22H25N3O3/c1-21-9-8-14(11-17(21)20(27)23-12-15-5-4-10-28-15)22(13-21)24-18-7-3-2-6-16(18)19(26)25-22/h2-7,10,14,17,24H,8-9,11-13H2,1H3,(H,23,27)(H,25,26)/t14-,17+,21+,22-/m0/s1. The second-order valence-corrected chi connectivity index (χ2v) is 8.75. The zero-order valence-corrected chi connectivity index (χ0v) is 16.0. The van der Waals surface area contributed by atoms with Crippen molar-refractivity contribution in [1.29, 1.82) is 0 Å². The Morgan fingerprint density at radius 2 is 2.11 bits per heavy atom. The Labute approximate surface area is 164 Å². The summed E-state index contributed by atoms with van der Waals surface area (Å²) >= 11 is 0. The van der Waals surface area contributed by atoms with Gasteiger partial charge in [0.1, 0.15) is 11.4 Å². The van der Waals surface area contributed by atoms with E-state index >= 15 is 0 Å². The minimum atomic E-state index is -0.462. The molecule has 2 amide bonds. The second-order valence-electron chi connectivity index (χ2n) is 8.75. The van der Waals surface area contributed by atoms with E-state index in [4.69, 9.17) is 4.42 Å².